The highest BCUT2D eigenvalue weighted by Crippen LogP contribution is 2.30. The molecule has 0 bridgehead atoms. The fourth-order valence-corrected chi connectivity index (χ4v) is 2.97. The Morgan fingerprint density at radius 2 is 2.11 bits per heavy atom. The second-order valence-corrected chi connectivity index (χ2v) is 6.25. The van der Waals surface area contributed by atoms with Crippen LogP contribution in [0.15, 0.2) is 53.9 Å². The molecule has 1 amide bonds. The number of nitrogens with zero attached hydrogens (tertiary/aromatic N) is 6. The van der Waals surface area contributed by atoms with E-state index in [2.05, 4.69) is 22.8 Å². The first-order valence-electron chi connectivity index (χ1n) is 8.58. The normalized spacial score (nSPS) is 15.3. The van der Waals surface area contributed by atoms with Crippen LogP contribution in [0.3, 0.4) is 0 Å². The van der Waals surface area contributed by atoms with Crippen molar-refractivity contribution in [2.45, 2.75) is 31.8 Å². The van der Waals surface area contributed by atoms with Gasteiger partial charge in [0.05, 0.1) is 29.4 Å². The van der Waals surface area contributed by atoms with Gasteiger partial charge in [0.25, 0.3) is 5.91 Å². The molecule has 0 N–H and O–H groups in total. The molecule has 0 aliphatic carbocycles. The molecule has 0 fully saturated rings. The Labute approximate surface area is 157 Å². The summed E-state index contributed by atoms with van der Waals surface area (Å²) >= 11 is 0. The smallest absolute Gasteiger partial charge is 0.269 e. The van der Waals surface area contributed by atoms with Crippen molar-refractivity contribution in [2.24, 2.45) is 5.10 Å². The second kappa shape index (κ2) is 8.11. The number of amides is 1. The molecule has 1 atom stereocenters. The van der Waals surface area contributed by atoms with Gasteiger partial charge < -0.3 is 0 Å². The molecular weight excluding hydrogens is 340 g/mol. The summed E-state index contributed by atoms with van der Waals surface area (Å²) < 4.78 is 1.68. The van der Waals surface area contributed by atoms with Crippen LogP contribution >= 0.6 is 0 Å². The van der Waals surface area contributed by atoms with Crippen LogP contribution in [0.25, 0.3) is 0 Å². The van der Waals surface area contributed by atoms with E-state index in [0.29, 0.717) is 42.5 Å². The molecule has 7 heteroatoms. The molecule has 1 aliphatic rings. The van der Waals surface area contributed by atoms with Crippen LogP contribution in [0.1, 0.15) is 42.0 Å². The Morgan fingerprint density at radius 3 is 2.85 bits per heavy atom. The van der Waals surface area contributed by atoms with Gasteiger partial charge in [-0.3, -0.25) is 9.48 Å². The van der Waals surface area contributed by atoms with Gasteiger partial charge in [-0.25, -0.2) is 5.01 Å². The minimum absolute atomic E-state index is 0.214. The number of hydrogen-bond acceptors (Lipinski definition) is 5. The number of carbonyl (C=O) groups excluding carboxylic acids is 1. The molecule has 0 radical (unpaired) electrons. The van der Waals surface area contributed by atoms with Crippen LogP contribution in [0, 0.1) is 22.7 Å². The van der Waals surface area contributed by atoms with Gasteiger partial charge in [-0.1, -0.05) is 18.7 Å². The molecule has 3 rings (SSSR count). The Hall–Kier alpha value is -3.71. The Morgan fingerprint density at radius 1 is 1.30 bits per heavy atom. The van der Waals surface area contributed by atoms with Crippen molar-refractivity contribution in [3.05, 3.63) is 65.5 Å². The molecule has 1 aromatic heterocycles. The van der Waals surface area contributed by atoms with Gasteiger partial charge in [0.15, 0.2) is 0 Å². The summed E-state index contributed by atoms with van der Waals surface area (Å²) in [4.78, 5) is 12.8. The quantitative estimate of drug-likeness (QED) is 0.741. The number of aromatic nitrogens is 2. The zero-order valence-electron chi connectivity index (χ0n) is 14.7. The van der Waals surface area contributed by atoms with Crippen LogP contribution in [0.2, 0.25) is 0 Å². The van der Waals surface area contributed by atoms with Crippen molar-refractivity contribution in [1.29, 1.82) is 10.5 Å². The molecule has 1 unspecified atom stereocenters. The van der Waals surface area contributed by atoms with E-state index in [1.54, 1.807) is 29.2 Å². The van der Waals surface area contributed by atoms with Gasteiger partial charge in [0.1, 0.15) is 6.07 Å². The lowest BCUT2D eigenvalue weighted by Gasteiger charge is -2.23. The summed E-state index contributed by atoms with van der Waals surface area (Å²) in [7, 11) is 0. The lowest BCUT2D eigenvalue weighted by Crippen LogP contribution is -2.28. The number of benzene rings is 1. The van der Waals surface area contributed by atoms with Crippen LogP contribution < -0.4 is 0 Å². The van der Waals surface area contributed by atoms with Crippen LogP contribution in [-0.4, -0.2) is 26.9 Å². The molecule has 0 saturated heterocycles. The van der Waals surface area contributed by atoms with Crippen molar-refractivity contribution in [2.75, 3.05) is 0 Å². The van der Waals surface area contributed by atoms with E-state index in [1.165, 1.54) is 11.2 Å². The van der Waals surface area contributed by atoms with Gasteiger partial charge in [-0.05, 0) is 30.5 Å². The van der Waals surface area contributed by atoms with Crippen molar-refractivity contribution in [3.63, 3.8) is 0 Å². The Kier molecular flexibility index (Phi) is 5.44. The van der Waals surface area contributed by atoms with Gasteiger partial charge in [0.2, 0.25) is 0 Å². The Bertz CT molecular complexity index is 975. The molecule has 27 heavy (non-hydrogen) atoms. The summed E-state index contributed by atoms with van der Waals surface area (Å²) in [5, 5.41) is 27.6. The maximum atomic E-state index is 12.8. The van der Waals surface area contributed by atoms with Crippen LogP contribution in [0.5, 0.6) is 0 Å². The zero-order chi connectivity index (χ0) is 19.2. The van der Waals surface area contributed by atoms with Gasteiger partial charge in [-0.15, -0.1) is 0 Å². The maximum absolute atomic E-state index is 12.8. The lowest BCUT2D eigenvalue weighted by atomic mass is 10.0. The molecule has 0 saturated carbocycles. The van der Waals surface area contributed by atoms with E-state index >= 15 is 0 Å². The van der Waals surface area contributed by atoms with Gasteiger partial charge in [0, 0.05) is 31.0 Å². The van der Waals surface area contributed by atoms with E-state index in [-0.39, 0.29) is 11.9 Å². The van der Waals surface area contributed by atoms with Crippen molar-refractivity contribution in [3.8, 4) is 12.1 Å². The molecule has 1 aromatic carbocycles. The maximum Gasteiger partial charge on any atom is 0.269 e. The SMILES string of the molecule is C=C(CCCn1cc(C#N)cn1)C(=O)N1N=CCC1c1cccc(C#N)c1. The van der Waals surface area contributed by atoms with Gasteiger partial charge in [-0.2, -0.15) is 20.7 Å². The summed E-state index contributed by atoms with van der Waals surface area (Å²) in [6, 6.07) is 11.2. The van der Waals surface area contributed by atoms with E-state index in [0.717, 1.165) is 5.56 Å². The van der Waals surface area contributed by atoms with Crippen LogP contribution in [0.4, 0.5) is 0 Å². The number of hydrogen-bond donors (Lipinski definition) is 0. The third-order valence-corrected chi connectivity index (χ3v) is 4.37. The van der Waals surface area contributed by atoms with Crippen LogP contribution in [-0.2, 0) is 11.3 Å². The standard InChI is InChI=1S/C20H18N6O/c1-15(4-3-9-25-14-17(12-22)13-24-25)20(27)26-19(7-8-23-26)18-6-2-5-16(10-18)11-21/h2,5-6,8,10,13-14,19H,1,3-4,7,9H2. The zero-order valence-corrected chi connectivity index (χ0v) is 14.7. The van der Waals surface area contributed by atoms with E-state index in [4.69, 9.17) is 10.5 Å². The predicted molar refractivity (Wildman–Crippen MR) is 99.2 cm³/mol. The minimum Gasteiger partial charge on any atom is -0.271 e. The second-order valence-electron chi connectivity index (χ2n) is 6.25. The summed E-state index contributed by atoms with van der Waals surface area (Å²) in [6.45, 7) is 4.52. The van der Waals surface area contributed by atoms with E-state index in [1.807, 2.05) is 18.2 Å². The minimum atomic E-state index is -0.216. The molecule has 134 valence electrons. The molecule has 2 aromatic rings. The highest BCUT2D eigenvalue weighted by molar-refractivity contribution is 5.94. The third-order valence-electron chi connectivity index (χ3n) is 4.37. The summed E-state index contributed by atoms with van der Waals surface area (Å²) in [5.74, 6) is -0.214. The molecule has 2 heterocycles. The average Bonchev–Trinajstić information content (AvgIpc) is 3.36. The summed E-state index contributed by atoms with van der Waals surface area (Å²) in [5.41, 5.74) is 2.43. The number of aryl methyl sites for hydroxylation is 1. The number of nitriles is 2. The number of rotatable bonds is 6. The third kappa shape index (κ3) is 4.10. The summed E-state index contributed by atoms with van der Waals surface area (Å²) in [6.07, 6.45) is 6.70. The highest BCUT2D eigenvalue weighted by atomic mass is 16.2. The molecule has 7 nitrogen and oxygen atoms in total. The topological polar surface area (TPSA) is 98.1 Å². The van der Waals surface area contributed by atoms with E-state index < -0.39 is 0 Å². The first-order chi connectivity index (χ1) is 13.1. The molecule has 1 aliphatic heterocycles. The Balaban J connectivity index is 1.60. The largest absolute Gasteiger partial charge is 0.271 e. The van der Waals surface area contributed by atoms with Crippen molar-refractivity contribution in [1.82, 2.24) is 14.8 Å². The number of hydrazone groups is 1. The van der Waals surface area contributed by atoms with E-state index in [9.17, 15) is 4.79 Å². The monoisotopic (exact) mass is 358 g/mol. The lowest BCUT2D eigenvalue weighted by molar-refractivity contribution is -0.129. The van der Waals surface area contributed by atoms with Crippen molar-refractivity contribution < 1.29 is 4.79 Å². The highest BCUT2D eigenvalue weighted by Gasteiger charge is 2.29. The first kappa shape index (κ1) is 18.1. The molecule has 0 spiro atoms. The molecular formula is C20H18N6O. The predicted octanol–water partition coefficient (Wildman–Crippen LogP) is 2.92. The fourth-order valence-electron chi connectivity index (χ4n) is 2.97. The van der Waals surface area contributed by atoms with Crippen molar-refractivity contribution >= 4 is 12.1 Å². The number of carbonyl (C=O) groups is 1. The first-order valence-corrected chi connectivity index (χ1v) is 8.58. The fraction of sp³-hybridized carbons (Fsp3) is 0.250. The average molecular weight is 358 g/mol. The van der Waals surface area contributed by atoms with Gasteiger partial charge >= 0.3 is 0 Å².